The molecule has 3 heterocycles. The van der Waals surface area contributed by atoms with Crippen molar-refractivity contribution in [2.75, 3.05) is 19.3 Å². The highest BCUT2D eigenvalue weighted by molar-refractivity contribution is 5.83. The van der Waals surface area contributed by atoms with E-state index in [9.17, 15) is 13.6 Å². The van der Waals surface area contributed by atoms with E-state index in [1.54, 1.807) is 36.2 Å². The standard InChI is InChI=1S/C25H22F2N8O/c1-34-9-8-19(25(34)36)30-12-15-5-3-7-18(26)17(15)10-21-32-24-23(29)31-20(13-35(24)33-21)16-6-2-4-14(11-28)22(16)27/h2-7,13,19,30H,8-10,12H2,1H3,(H2,29,31). The van der Waals surface area contributed by atoms with Gasteiger partial charge in [-0.1, -0.05) is 18.2 Å². The van der Waals surface area contributed by atoms with Crippen LogP contribution in [0, 0.1) is 23.0 Å². The number of aromatic nitrogens is 4. The van der Waals surface area contributed by atoms with Gasteiger partial charge in [0.25, 0.3) is 0 Å². The molecule has 36 heavy (non-hydrogen) atoms. The highest BCUT2D eigenvalue weighted by Crippen LogP contribution is 2.26. The van der Waals surface area contributed by atoms with E-state index in [4.69, 9.17) is 11.0 Å². The Morgan fingerprint density at radius 3 is 2.78 bits per heavy atom. The molecular formula is C25H22F2N8O. The van der Waals surface area contributed by atoms with Crippen LogP contribution in [-0.2, 0) is 17.8 Å². The van der Waals surface area contributed by atoms with Crippen molar-refractivity contribution in [1.82, 2.24) is 29.8 Å². The van der Waals surface area contributed by atoms with Crippen molar-refractivity contribution >= 4 is 17.4 Å². The molecule has 11 heteroatoms. The van der Waals surface area contributed by atoms with Crippen molar-refractivity contribution in [3.05, 3.63) is 76.7 Å². The number of benzene rings is 2. The summed E-state index contributed by atoms with van der Waals surface area (Å²) in [5, 5.41) is 16.7. The second-order valence-electron chi connectivity index (χ2n) is 8.62. The third kappa shape index (κ3) is 4.23. The molecule has 5 rings (SSSR count). The first-order valence-corrected chi connectivity index (χ1v) is 11.3. The molecule has 1 aliphatic heterocycles. The van der Waals surface area contributed by atoms with E-state index in [0.717, 1.165) is 0 Å². The lowest BCUT2D eigenvalue weighted by Crippen LogP contribution is -2.36. The molecule has 9 nitrogen and oxygen atoms in total. The summed E-state index contributed by atoms with van der Waals surface area (Å²) in [7, 11) is 1.76. The van der Waals surface area contributed by atoms with Gasteiger partial charge in [-0.3, -0.25) is 4.79 Å². The number of anilines is 1. The van der Waals surface area contributed by atoms with Crippen molar-refractivity contribution < 1.29 is 13.6 Å². The number of hydrogen-bond acceptors (Lipinski definition) is 7. The zero-order valence-corrected chi connectivity index (χ0v) is 19.4. The minimum absolute atomic E-state index is 0.0190. The van der Waals surface area contributed by atoms with Crippen LogP contribution in [0.4, 0.5) is 14.6 Å². The lowest BCUT2D eigenvalue weighted by molar-refractivity contribution is -0.128. The predicted octanol–water partition coefficient (Wildman–Crippen LogP) is 2.43. The smallest absolute Gasteiger partial charge is 0.239 e. The second-order valence-corrected chi connectivity index (χ2v) is 8.62. The fourth-order valence-electron chi connectivity index (χ4n) is 4.35. The lowest BCUT2D eigenvalue weighted by atomic mass is 10.0. The van der Waals surface area contributed by atoms with E-state index < -0.39 is 11.6 Å². The molecule has 1 atom stereocenters. The maximum Gasteiger partial charge on any atom is 0.239 e. The number of halogens is 2. The van der Waals surface area contributed by atoms with Gasteiger partial charge in [0.2, 0.25) is 5.91 Å². The van der Waals surface area contributed by atoms with Crippen molar-refractivity contribution in [2.45, 2.75) is 25.4 Å². The van der Waals surface area contributed by atoms with Crippen LogP contribution >= 0.6 is 0 Å². The summed E-state index contributed by atoms with van der Waals surface area (Å²) in [6, 6.07) is 10.7. The van der Waals surface area contributed by atoms with Crippen LogP contribution in [0.2, 0.25) is 0 Å². The Kier molecular flexibility index (Phi) is 6.03. The quantitative estimate of drug-likeness (QED) is 0.427. The maximum atomic E-state index is 14.8. The van der Waals surface area contributed by atoms with Gasteiger partial charge in [-0.2, -0.15) is 10.4 Å². The first-order valence-electron chi connectivity index (χ1n) is 11.3. The highest BCUT2D eigenvalue weighted by Gasteiger charge is 2.28. The molecule has 0 aliphatic carbocycles. The number of nitrogens with zero attached hydrogens (tertiary/aromatic N) is 6. The average Bonchev–Trinajstić information content (AvgIpc) is 3.42. The fourth-order valence-corrected chi connectivity index (χ4v) is 4.35. The van der Waals surface area contributed by atoms with Gasteiger partial charge < -0.3 is 16.0 Å². The van der Waals surface area contributed by atoms with Crippen LogP contribution < -0.4 is 11.1 Å². The zero-order chi connectivity index (χ0) is 25.4. The van der Waals surface area contributed by atoms with Crippen molar-refractivity contribution in [2.24, 2.45) is 0 Å². The lowest BCUT2D eigenvalue weighted by Gasteiger charge is -2.14. The van der Waals surface area contributed by atoms with Gasteiger partial charge in [-0.25, -0.2) is 23.3 Å². The number of nitrogen functional groups attached to an aromatic ring is 1. The number of carbonyl (C=O) groups is 1. The fraction of sp³-hybridized carbons (Fsp3) is 0.240. The number of amides is 1. The first-order chi connectivity index (χ1) is 17.4. The van der Waals surface area contributed by atoms with Gasteiger partial charge in [0.1, 0.15) is 17.7 Å². The molecule has 3 N–H and O–H groups in total. The monoisotopic (exact) mass is 488 g/mol. The third-order valence-electron chi connectivity index (χ3n) is 6.30. The number of nitrogens with two attached hydrogens (primary N) is 1. The molecule has 2 aromatic carbocycles. The largest absolute Gasteiger partial charge is 0.381 e. The Morgan fingerprint density at radius 1 is 1.22 bits per heavy atom. The van der Waals surface area contributed by atoms with Crippen molar-refractivity contribution in [3.8, 4) is 17.3 Å². The maximum absolute atomic E-state index is 14.8. The van der Waals surface area contributed by atoms with Gasteiger partial charge >= 0.3 is 0 Å². The highest BCUT2D eigenvalue weighted by atomic mass is 19.1. The Balaban J connectivity index is 1.44. The van der Waals surface area contributed by atoms with Crippen LogP contribution in [-0.4, -0.2) is 50.0 Å². The minimum Gasteiger partial charge on any atom is -0.381 e. The van der Waals surface area contributed by atoms with E-state index >= 15 is 0 Å². The minimum atomic E-state index is -0.706. The topological polar surface area (TPSA) is 125 Å². The summed E-state index contributed by atoms with van der Waals surface area (Å²) in [4.78, 5) is 22.5. The van der Waals surface area contributed by atoms with E-state index in [1.165, 1.54) is 28.9 Å². The molecule has 0 spiro atoms. The molecular weight excluding hydrogens is 466 g/mol. The molecule has 0 saturated carbocycles. The van der Waals surface area contributed by atoms with Gasteiger partial charge in [0.15, 0.2) is 17.3 Å². The summed E-state index contributed by atoms with van der Waals surface area (Å²) < 4.78 is 30.9. The molecule has 1 unspecified atom stereocenters. The van der Waals surface area contributed by atoms with Gasteiger partial charge in [-0.05, 0) is 35.7 Å². The number of nitriles is 1. The average molecular weight is 489 g/mol. The van der Waals surface area contributed by atoms with Gasteiger partial charge in [0, 0.05) is 32.1 Å². The number of likely N-dealkylation sites (tertiary alicyclic amines) is 1. The van der Waals surface area contributed by atoms with Gasteiger partial charge in [0.05, 0.1) is 23.5 Å². The SMILES string of the molecule is CN1CCC(NCc2cccc(F)c2Cc2nc3c(N)nc(-c4cccc(C#N)c4F)cn3n2)C1=O. The molecule has 0 radical (unpaired) electrons. The van der Waals surface area contributed by atoms with Crippen LogP contribution in [0.1, 0.15) is 28.9 Å². The van der Waals surface area contributed by atoms with E-state index in [0.29, 0.717) is 36.5 Å². The molecule has 1 amide bonds. The summed E-state index contributed by atoms with van der Waals surface area (Å²) in [6.07, 6.45) is 2.24. The summed E-state index contributed by atoms with van der Waals surface area (Å²) in [6.45, 7) is 0.993. The Bertz CT molecular complexity index is 1530. The van der Waals surface area contributed by atoms with E-state index in [-0.39, 0.29) is 46.7 Å². The molecule has 1 saturated heterocycles. The number of hydrogen-bond donors (Lipinski definition) is 2. The molecule has 2 aromatic heterocycles. The number of fused-ring (bicyclic) bond motifs is 1. The molecule has 1 aliphatic rings. The predicted molar refractivity (Wildman–Crippen MR) is 127 cm³/mol. The summed E-state index contributed by atoms with van der Waals surface area (Å²) in [5.74, 6) is -0.778. The zero-order valence-electron chi connectivity index (χ0n) is 19.4. The first kappa shape index (κ1) is 23.3. The number of likely N-dealkylation sites (N-methyl/N-ethyl adjacent to an activating group) is 1. The van der Waals surface area contributed by atoms with Crippen molar-refractivity contribution in [3.63, 3.8) is 0 Å². The molecule has 4 aromatic rings. The molecule has 1 fully saturated rings. The Morgan fingerprint density at radius 2 is 2.03 bits per heavy atom. The normalized spacial score (nSPS) is 15.6. The van der Waals surface area contributed by atoms with Crippen LogP contribution in [0.3, 0.4) is 0 Å². The third-order valence-corrected chi connectivity index (χ3v) is 6.30. The van der Waals surface area contributed by atoms with Gasteiger partial charge in [-0.15, -0.1) is 0 Å². The number of nitrogens with one attached hydrogen (secondary N) is 1. The molecule has 0 bridgehead atoms. The summed E-state index contributed by atoms with van der Waals surface area (Å²) in [5.41, 5.74) is 7.61. The second kappa shape index (κ2) is 9.31. The number of carbonyl (C=O) groups excluding carboxylic acids is 1. The molecule has 182 valence electrons. The van der Waals surface area contributed by atoms with Crippen LogP contribution in [0.25, 0.3) is 16.9 Å². The van der Waals surface area contributed by atoms with E-state index in [1.807, 2.05) is 0 Å². The Labute approximate surface area is 205 Å². The van der Waals surface area contributed by atoms with E-state index in [2.05, 4.69) is 20.4 Å². The summed E-state index contributed by atoms with van der Waals surface area (Å²) >= 11 is 0. The van der Waals surface area contributed by atoms with Crippen LogP contribution in [0.15, 0.2) is 42.6 Å². The van der Waals surface area contributed by atoms with Crippen molar-refractivity contribution in [1.29, 1.82) is 5.26 Å². The van der Waals surface area contributed by atoms with Crippen LogP contribution in [0.5, 0.6) is 0 Å². The number of rotatable bonds is 6. The Hall–Kier alpha value is -4.43.